The third kappa shape index (κ3) is 4.58. The summed E-state index contributed by atoms with van der Waals surface area (Å²) in [7, 11) is -7.43. The number of carboxylic acid groups (broad SMARTS) is 1. The quantitative estimate of drug-likeness (QED) is 0.318. The Hall–Kier alpha value is -2.16. The van der Waals surface area contributed by atoms with E-state index in [1.165, 1.54) is 0 Å². The Kier molecular flexibility index (Phi) is 6.14. The molecule has 27 heavy (non-hydrogen) atoms. The molecule has 0 saturated carbocycles. The summed E-state index contributed by atoms with van der Waals surface area (Å²) in [6.07, 6.45) is 0. The van der Waals surface area contributed by atoms with Gasteiger partial charge in [-0.25, -0.2) is 8.42 Å². The Morgan fingerprint density at radius 1 is 1.26 bits per heavy atom. The number of halogens is 3. The van der Waals surface area contributed by atoms with Crippen LogP contribution in [0.4, 0.5) is 13.2 Å². The lowest BCUT2D eigenvalue weighted by atomic mass is 9.78. The van der Waals surface area contributed by atoms with Crippen LogP contribution in [0.15, 0.2) is 17.0 Å². The maximum Gasteiger partial charge on any atom is 0.501 e. The third-order valence-electron chi connectivity index (χ3n) is 3.62. The summed E-state index contributed by atoms with van der Waals surface area (Å²) in [4.78, 5) is 21.3. The molecule has 0 fully saturated rings. The summed E-state index contributed by atoms with van der Waals surface area (Å²) < 4.78 is 67.1. The molecule has 0 radical (unpaired) electrons. The van der Waals surface area contributed by atoms with Crippen LogP contribution in [0.3, 0.4) is 0 Å². The fourth-order valence-corrected chi connectivity index (χ4v) is 3.38. The van der Waals surface area contributed by atoms with E-state index in [0.717, 1.165) is 6.07 Å². The van der Waals surface area contributed by atoms with Crippen LogP contribution >= 0.6 is 0 Å². The van der Waals surface area contributed by atoms with Gasteiger partial charge in [-0.2, -0.15) is 13.2 Å². The molecular weight excluding hydrogens is 396 g/mol. The van der Waals surface area contributed by atoms with Crippen LogP contribution in [0.1, 0.15) is 15.9 Å². The van der Waals surface area contributed by atoms with Crippen molar-refractivity contribution in [2.75, 3.05) is 19.6 Å². The minimum absolute atomic E-state index is 0.0580. The molecular formula is C13H14BF3N2O7S. The van der Waals surface area contributed by atoms with E-state index in [0.29, 0.717) is 6.07 Å². The molecule has 0 aromatic heterocycles. The molecule has 0 bridgehead atoms. The van der Waals surface area contributed by atoms with E-state index in [9.17, 15) is 36.2 Å². The molecule has 14 heteroatoms. The molecule has 1 aromatic carbocycles. The van der Waals surface area contributed by atoms with Crippen molar-refractivity contribution in [1.29, 1.82) is 0 Å². The minimum Gasteiger partial charge on any atom is -0.480 e. The average molecular weight is 410 g/mol. The highest BCUT2D eigenvalue weighted by atomic mass is 32.2. The van der Waals surface area contributed by atoms with Gasteiger partial charge in [0, 0.05) is 18.7 Å². The first-order valence-electron chi connectivity index (χ1n) is 7.43. The van der Waals surface area contributed by atoms with E-state index < -0.39 is 51.4 Å². The molecule has 4 N–H and O–H groups in total. The van der Waals surface area contributed by atoms with Gasteiger partial charge in [0.05, 0.1) is 18.0 Å². The number of carbonyl (C=O) groups is 2. The summed E-state index contributed by atoms with van der Waals surface area (Å²) in [6.45, 7) is -0.916. The van der Waals surface area contributed by atoms with Gasteiger partial charge in [-0.1, -0.05) is 0 Å². The largest absolute Gasteiger partial charge is 0.501 e. The zero-order valence-electron chi connectivity index (χ0n) is 13.5. The Bertz CT molecular complexity index is 860. The summed E-state index contributed by atoms with van der Waals surface area (Å²) in [5.41, 5.74) is -6.61. The maximum absolute atomic E-state index is 12.9. The summed E-state index contributed by atoms with van der Waals surface area (Å²) >= 11 is 0. The smallest absolute Gasteiger partial charge is 0.480 e. The number of hydrogen-bond acceptors (Lipinski definition) is 7. The van der Waals surface area contributed by atoms with E-state index in [1.54, 1.807) is 0 Å². The number of benzene rings is 1. The summed E-state index contributed by atoms with van der Waals surface area (Å²) in [6, 6.07) is 1.62. The second-order valence-corrected chi connectivity index (χ2v) is 7.39. The molecule has 1 aliphatic rings. The van der Waals surface area contributed by atoms with Crippen LogP contribution < -0.4 is 16.1 Å². The highest BCUT2D eigenvalue weighted by molar-refractivity contribution is 7.92. The van der Waals surface area contributed by atoms with Crippen molar-refractivity contribution in [1.82, 2.24) is 10.6 Å². The molecule has 1 heterocycles. The Labute approximate surface area is 151 Å². The molecule has 9 nitrogen and oxygen atoms in total. The molecule has 0 atom stereocenters. The number of fused-ring (bicyclic) bond motifs is 1. The van der Waals surface area contributed by atoms with Crippen molar-refractivity contribution in [2.24, 2.45) is 0 Å². The predicted molar refractivity (Wildman–Crippen MR) is 84.9 cm³/mol. The molecule has 0 unspecified atom stereocenters. The summed E-state index contributed by atoms with van der Waals surface area (Å²) in [5.74, 6) is -2.01. The van der Waals surface area contributed by atoms with Gasteiger partial charge in [0.1, 0.15) is 0 Å². The topological polar surface area (TPSA) is 142 Å². The number of rotatable bonds is 7. The van der Waals surface area contributed by atoms with Crippen molar-refractivity contribution >= 4 is 34.3 Å². The Balaban J connectivity index is 2.28. The fourth-order valence-electron chi connectivity index (χ4n) is 2.35. The highest BCUT2D eigenvalue weighted by Gasteiger charge is 2.49. The van der Waals surface area contributed by atoms with E-state index in [-0.39, 0.29) is 30.7 Å². The molecule has 2 rings (SSSR count). The first kappa shape index (κ1) is 21.1. The van der Waals surface area contributed by atoms with Crippen LogP contribution in [0.25, 0.3) is 0 Å². The Morgan fingerprint density at radius 3 is 2.52 bits per heavy atom. The van der Waals surface area contributed by atoms with Gasteiger partial charge in [0.25, 0.3) is 15.7 Å². The number of alkyl halides is 3. The van der Waals surface area contributed by atoms with Gasteiger partial charge in [0.15, 0.2) is 0 Å². The fraction of sp³-hybridized carbons (Fsp3) is 0.385. The van der Waals surface area contributed by atoms with Gasteiger partial charge in [-0.15, -0.1) is 0 Å². The first-order chi connectivity index (χ1) is 12.4. The number of sulfone groups is 1. The van der Waals surface area contributed by atoms with E-state index in [4.69, 9.17) is 9.76 Å². The molecule has 1 amide bonds. The standard InChI is InChI=1S/C13H14BF3N2O7S/c15-13(16,17)27(24,25)10-4-7(3-9-8(10)6-26-14(9)23)12(22)19-2-1-18-5-11(20)21/h3-4,18,23H,1-2,5-6H2,(H,19,22)(H,20,21). The van der Waals surface area contributed by atoms with Crippen LogP contribution in [-0.2, 0) is 25.9 Å². The van der Waals surface area contributed by atoms with E-state index >= 15 is 0 Å². The van der Waals surface area contributed by atoms with Crippen LogP contribution in [0.2, 0.25) is 0 Å². The third-order valence-corrected chi connectivity index (χ3v) is 5.17. The van der Waals surface area contributed by atoms with Gasteiger partial charge < -0.3 is 25.4 Å². The zero-order valence-corrected chi connectivity index (χ0v) is 14.4. The zero-order chi connectivity index (χ0) is 20.4. The SMILES string of the molecule is O=C(O)CNCCNC(=O)c1cc2c(c(S(=O)(=O)C(F)(F)F)c1)COB2O. The molecule has 0 saturated heterocycles. The van der Waals surface area contributed by atoms with Crippen molar-refractivity contribution in [3.8, 4) is 0 Å². The monoisotopic (exact) mass is 410 g/mol. The normalized spacial score (nSPS) is 14.1. The molecule has 1 aliphatic heterocycles. The van der Waals surface area contributed by atoms with Crippen molar-refractivity contribution in [2.45, 2.75) is 17.0 Å². The maximum atomic E-state index is 12.9. The van der Waals surface area contributed by atoms with Crippen molar-refractivity contribution in [3.63, 3.8) is 0 Å². The molecule has 1 aromatic rings. The van der Waals surface area contributed by atoms with Gasteiger partial charge >= 0.3 is 18.6 Å². The second-order valence-electron chi connectivity index (χ2n) is 5.48. The van der Waals surface area contributed by atoms with E-state index in [2.05, 4.69) is 10.6 Å². The highest BCUT2D eigenvalue weighted by Crippen LogP contribution is 2.33. The van der Waals surface area contributed by atoms with Gasteiger partial charge in [-0.3, -0.25) is 9.59 Å². The molecule has 148 valence electrons. The van der Waals surface area contributed by atoms with Crippen LogP contribution in [0.5, 0.6) is 0 Å². The lowest BCUT2D eigenvalue weighted by molar-refractivity contribution is -0.135. The lowest BCUT2D eigenvalue weighted by Crippen LogP contribution is -2.36. The average Bonchev–Trinajstić information content (AvgIpc) is 2.93. The number of amides is 1. The number of aliphatic carboxylic acids is 1. The van der Waals surface area contributed by atoms with Gasteiger partial charge in [0.2, 0.25) is 0 Å². The molecule has 0 spiro atoms. The second kappa shape index (κ2) is 7.84. The van der Waals surface area contributed by atoms with E-state index in [1.807, 2.05) is 0 Å². The van der Waals surface area contributed by atoms with Crippen LogP contribution in [0, 0.1) is 0 Å². The van der Waals surface area contributed by atoms with Gasteiger partial charge in [-0.05, 0) is 23.2 Å². The Morgan fingerprint density at radius 2 is 1.93 bits per heavy atom. The predicted octanol–water partition coefficient (Wildman–Crippen LogP) is -1.40. The van der Waals surface area contributed by atoms with Crippen molar-refractivity contribution < 1.29 is 46.0 Å². The van der Waals surface area contributed by atoms with Crippen molar-refractivity contribution in [3.05, 3.63) is 23.3 Å². The summed E-state index contributed by atoms with van der Waals surface area (Å²) in [5, 5.41) is 22.9. The first-order valence-corrected chi connectivity index (χ1v) is 8.92. The number of nitrogens with one attached hydrogen (secondary N) is 2. The number of hydrogen-bond donors (Lipinski definition) is 4. The number of carboxylic acids is 1. The molecule has 0 aliphatic carbocycles. The van der Waals surface area contributed by atoms with Crippen LogP contribution in [-0.4, -0.2) is 62.7 Å². The minimum atomic E-state index is -5.77. The lowest BCUT2D eigenvalue weighted by Gasteiger charge is -2.14. The number of carbonyl (C=O) groups excluding carboxylic acids is 1.